The number of carbonyl (C=O) groups excluding carboxylic acids is 12. The van der Waals surface area contributed by atoms with E-state index in [2.05, 4.69) is 47.5 Å². The van der Waals surface area contributed by atoms with Gasteiger partial charge in [-0.3, -0.25) is 77.4 Å². The fourth-order valence-electron chi connectivity index (χ4n) is 12.9. The lowest BCUT2D eigenvalue weighted by Crippen LogP contribution is -2.62. The summed E-state index contributed by atoms with van der Waals surface area (Å²) >= 11 is 0. The number of nitro benzene ring substituents is 1. The van der Waals surface area contributed by atoms with E-state index in [0.29, 0.717) is 36.0 Å². The third-order valence-corrected chi connectivity index (χ3v) is 18.7. The number of aliphatic carboxylic acids is 1. The molecule has 0 unspecified atom stereocenters. The summed E-state index contributed by atoms with van der Waals surface area (Å²) in [5, 5.41) is 62.0. The standard InChI is InChI=1S/C72H95N17O18/c1-40(2)59(71(105)88-33-13-21-57(88)68(102)80-50(35-42-14-6-4-7-15-42)63(97)79-49(18-10-30-77-72(75)76)69(103)86-31-11-19-55(86)60(74)94)85-66(100)54(39-91)84-64(98)51(37-58(92)93)81-67(101)56-20-12-32-87(56)70(104)52(36-44-22-26-46(27-23-44)45-16-8-5-9-17-45)82-61(95)41(3)78-65(99)53(38-90)83-62(96)48(73)34-43-24-28-47(29-25-43)89(106)107/h4-9,14-17,22-29,40-41,48-57,59,90-91H,10-13,18-21,30-39,73H2,1-3H3,(H2,74,94)(H,78,99)(H,79,97)(H,80,102)(H,81,101)(H,82,95)(H,83,96)(H,84,98)(H,85,100)(H,92,93)(H4,75,76,77)/t41-,48-,49-,50-,51-,52-,53-,54-,55-,56-,57-,59-/m0/s1. The Morgan fingerprint density at radius 1 is 0.505 bits per heavy atom. The highest BCUT2D eigenvalue weighted by Crippen LogP contribution is 2.26. The molecule has 35 nitrogen and oxygen atoms in total. The number of guanidine groups is 1. The maximum absolute atomic E-state index is 14.9. The van der Waals surface area contributed by atoms with Gasteiger partial charge in [0.1, 0.15) is 66.5 Å². The second kappa shape index (κ2) is 39.6. The summed E-state index contributed by atoms with van der Waals surface area (Å²) in [5.41, 5.74) is 25.9. The van der Waals surface area contributed by atoms with E-state index in [4.69, 9.17) is 22.9 Å². The number of non-ortho nitro benzene ring substituents is 1. The van der Waals surface area contributed by atoms with Crippen LogP contribution in [0.15, 0.2) is 114 Å². The van der Waals surface area contributed by atoms with Gasteiger partial charge in [0.2, 0.25) is 70.9 Å². The van der Waals surface area contributed by atoms with E-state index in [9.17, 15) is 87.8 Å². The van der Waals surface area contributed by atoms with Crippen molar-refractivity contribution in [2.75, 3.05) is 39.4 Å². The van der Waals surface area contributed by atoms with E-state index in [0.717, 1.165) is 16.0 Å². The summed E-state index contributed by atoms with van der Waals surface area (Å²) in [5.74, 6) is -13.1. The van der Waals surface area contributed by atoms with Gasteiger partial charge in [-0.15, -0.1) is 0 Å². The third kappa shape index (κ3) is 23.5. The predicted octanol–water partition coefficient (Wildman–Crippen LogP) is -2.86. The maximum Gasteiger partial charge on any atom is 0.305 e. The molecule has 0 saturated carbocycles. The smallest absolute Gasteiger partial charge is 0.305 e. The number of aliphatic hydroxyl groups excluding tert-OH is 2. The highest BCUT2D eigenvalue weighted by atomic mass is 16.6. The molecule has 3 aliphatic rings. The van der Waals surface area contributed by atoms with Gasteiger partial charge in [0.05, 0.1) is 30.6 Å². The number of carboxylic acids is 1. The fraction of sp³-hybridized carbons (Fsp3) is 0.472. The molecule has 12 atom stereocenters. The van der Waals surface area contributed by atoms with Gasteiger partial charge in [-0.1, -0.05) is 111 Å². The molecular formula is C72H95N17O18. The molecule has 4 aromatic carbocycles. The number of aliphatic hydroxyl groups is 2. The van der Waals surface area contributed by atoms with Crippen LogP contribution in [0.1, 0.15) is 95.2 Å². The maximum atomic E-state index is 14.9. The lowest BCUT2D eigenvalue weighted by molar-refractivity contribution is -0.384. The number of amides is 12. The van der Waals surface area contributed by atoms with Crippen molar-refractivity contribution in [3.8, 4) is 11.1 Å². The summed E-state index contributed by atoms with van der Waals surface area (Å²) in [4.78, 5) is 199. The van der Waals surface area contributed by atoms with Crippen LogP contribution < -0.4 is 65.5 Å². The second-order valence-corrected chi connectivity index (χ2v) is 26.9. The Kier molecular flexibility index (Phi) is 30.6. The van der Waals surface area contributed by atoms with Crippen molar-refractivity contribution in [2.24, 2.45) is 33.8 Å². The number of nitro groups is 1. The zero-order chi connectivity index (χ0) is 78.2. The first kappa shape index (κ1) is 82.8. The van der Waals surface area contributed by atoms with Gasteiger partial charge in [-0.05, 0) is 98.4 Å². The number of likely N-dealkylation sites (tertiary alicyclic amines) is 3. The Morgan fingerprint density at radius 2 is 0.944 bits per heavy atom. The van der Waals surface area contributed by atoms with Gasteiger partial charge in [-0.2, -0.15) is 0 Å². The van der Waals surface area contributed by atoms with Crippen molar-refractivity contribution in [3.63, 3.8) is 0 Å². The van der Waals surface area contributed by atoms with Crippen LogP contribution in [0.2, 0.25) is 0 Å². The van der Waals surface area contributed by atoms with E-state index >= 15 is 0 Å². The Balaban J connectivity index is 1.01. The number of rotatable bonds is 37. The molecule has 0 aliphatic carbocycles. The van der Waals surface area contributed by atoms with Crippen molar-refractivity contribution in [1.82, 2.24) is 57.2 Å². The number of primary amides is 1. The molecule has 7 rings (SSSR count). The Bertz CT molecular complexity index is 3870. The topological polar surface area (TPSA) is 548 Å². The summed E-state index contributed by atoms with van der Waals surface area (Å²) in [7, 11) is 0. The first-order valence-corrected chi connectivity index (χ1v) is 35.3. The van der Waals surface area contributed by atoms with Gasteiger partial charge in [0.25, 0.3) is 5.69 Å². The minimum absolute atomic E-state index is 0.0123. The fourth-order valence-corrected chi connectivity index (χ4v) is 12.9. The molecule has 3 heterocycles. The molecule has 35 heteroatoms. The molecule has 4 aromatic rings. The summed E-state index contributed by atoms with van der Waals surface area (Å²) in [6, 6.07) is 13.1. The molecule has 3 fully saturated rings. The summed E-state index contributed by atoms with van der Waals surface area (Å²) in [6.45, 7) is 2.60. The Hall–Kier alpha value is -11.5. The zero-order valence-corrected chi connectivity index (χ0v) is 59.6. The van der Waals surface area contributed by atoms with Crippen LogP contribution in [0.25, 0.3) is 11.1 Å². The normalized spacial score (nSPS) is 17.9. The molecule has 3 aliphatic heterocycles. The Morgan fingerprint density at radius 3 is 1.49 bits per heavy atom. The minimum atomic E-state index is -1.96. The van der Waals surface area contributed by atoms with Crippen LogP contribution in [0.5, 0.6) is 0 Å². The highest BCUT2D eigenvalue weighted by Gasteiger charge is 2.44. The van der Waals surface area contributed by atoms with Crippen molar-refractivity contribution in [3.05, 3.63) is 136 Å². The van der Waals surface area contributed by atoms with Gasteiger partial charge in [-0.25, -0.2) is 0 Å². The van der Waals surface area contributed by atoms with E-state index in [-0.39, 0.29) is 89.2 Å². The van der Waals surface area contributed by atoms with Gasteiger partial charge < -0.3 is 95.5 Å². The van der Waals surface area contributed by atoms with E-state index in [1.165, 1.54) is 41.0 Å². The van der Waals surface area contributed by atoms with Gasteiger partial charge in [0.15, 0.2) is 5.96 Å². The van der Waals surface area contributed by atoms with Crippen molar-refractivity contribution < 1.29 is 82.6 Å². The van der Waals surface area contributed by atoms with E-state index in [1.54, 1.807) is 68.4 Å². The summed E-state index contributed by atoms with van der Waals surface area (Å²) < 4.78 is 0. The van der Waals surface area contributed by atoms with Crippen LogP contribution in [0, 0.1) is 16.0 Å². The largest absolute Gasteiger partial charge is 0.481 e. The zero-order valence-electron chi connectivity index (χ0n) is 59.6. The Labute approximate surface area is 616 Å². The number of aliphatic imine (C=N–C) groups is 1. The van der Waals surface area contributed by atoms with Crippen LogP contribution >= 0.6 is 0 Å². The molecule has 3 saturated heterocycles. The number of hydrogen-bond donors (Lipinski definition) is 15. The highest BCUT2D eigenvalue weighted by molar-refractivity contribution is 6.00. The van der Waals surface area contributed by atoms with Crippen molar-refractivity contribution >= 4 is 88.5 Å². The van der Waals surface area contributed by atoms with E-state index < -0.39 is 180 Å². The first-order valence-electron chi connectivity index (χ1n) is 35.3. The SMILES string of the molecule is CC(C)[C@H](NC(=O)[C@H](CO)NC(=O)[C@H](CC(=O)O)NC(=O)[C@@H]1CCCN1C(=O)[C@H](Cc1ccc(-c2ccccc2)cc1)NC(=O)[C@H](C)NC(=O)[C@H](CO)NC(=O)[C@@H](N)Cc1ccc([N+](=O)[O-])cc1)C(=O)N1CCC[C@H]1C(=O)N[C@@H](Cc1ccccc1)C(=O)N[C@@H](CCCN=C(N)N)C(=O)N1CCC[C@H]1C(N)=O. The third-order valence-electron chi connectivity index (χ3n) is 18.7. The molecule has 0 spiro atoms. The number of benzene rings is 4. The molecule has 19 N–H and O–H groups in total. The molecule has 12 amide bonds. The molecule has 0 aromatic heterocycles. The molecule has 0 radical (unpaired) electrons. The molecule has 0 bridgehead atoms. The number of carbonyl (C=O) groups is 13. The van der Waals surface area contributed by atoms with Gasteiger partial charge >= 0.3 is 5.97 Å². The number of nitrogens with zero attached hydrogens (tertiary/aromatic N) is 5. The van der Waals surface area contributed by atoms with Gasteiger partial charge in [0, 0.05) is 51.2 Å². The number of carboxylic acid groups (broad SMARTS) is 1. The number of nitrogens with two attached hydrogens (primary N) is 4. The predicted molar refractivity (Wildman–Crippen MR) is 386 cm³/mol. The van der Waals surface area contributed by atoms with E-state index in [1.807, 2.05) is 30.3 Å². The van der Waals surface area contributed by atoms with Crippen molar-refractivity contribution in [1.29, 1.82) is 0 Å². The number of nitrogens with one attached hydrogen (secondary N) is 8. The molecule has 107 heavy (non-hydrogen) atoms. The van der Waals surface area contributed by atoms with Crippen LogP contribution in [0.4, 0.5) is 5.69 Å². The first-order chi connectivity index (χ1) is 51.0. The average Bonchev–Trinajstić information content (AvgIpc) is 1.73. The quantitative estimate of drug-likeness (QED) is 0.00710. The molecular weight excluding hydrogens is 1390 g/mol. The van der Waals surface area contributed by atoms with Crippen molar-refractivity contribution in [2.45, 2.75) is 170 Å². The second-order valence-electron chi connectivity index (χ2n) is 26.9. The average molecular weight is 1490 g/mol. The lowest BCUT2D eigenvalue weighted by atomic mass is 9.99. The minimum Gasteiger partial charge on any atom is -0.481 e. The summed E-state index contributed by atoms with van der Waals surface area (Å²) in [6.07, 6.45) is 0.209. The van der Waals surface area contributed by atoms with Crippen LogP contribution in [-0.2, 0) is 81.6 Å². The molecule has 576 valence electrons. The van der Waals surface area contributed by atoms with Crippen LogP contribution in [-0.4, -0.2) is 230 Å². The monoisotopic (exact) mass is 1490 g/mol. The lowest BCUT2D eigenvalue weighted by Gasteiger charge is -2.32. The number of hydrogen-bond acceptors (Lipinski definition) is 19. The van der Waals surface area contributed by atoms with Crippen LogP contribution in [0.3, 0.4) is 0 Å².